The summed E-state index contributed by atoms with van der Waals surface area (Å²) in [6, 6.07) is 0.477. The molecule has 2 N–H and O–H groups in total. The molecule has 1 saturated heterocycles. The SMILES string of the molecule is COCCNC(=O)CN1CCN[C@H](C)C1. The number of hydrogen-bond acceptors (Lipinski definition) is 4. The molecule has 0 unspecified atom stereocenters. The van der Waals surface area contributed by atoms with E-state index in [1.165, 1.54) is 0 Å². The summed E-state index contributed by atoms with van der Waals surface area (Å²) < 4.78 is 4.86. The van der Waals surface area contributed by atoms with Crippen LogP contribution in [0.15, 0.2) is 0 Å². The first-order valence-corrected chi connectivity index (χ1v) is 5.43. The average molecular weight is 215 g/mol. The lowest BCUT2D eigenvalue weighted by molar-refractivity contribution is -0.122. The van der Waals surface area contributed by atoms with Gasteiger partial charge in [-0.15, -0.1) is 0 Å². The molecule has 0 aromatic heterocycles. The largest absolute Gasteiger partial charge is 0.383 e. The third-order valence-corrected chi connectivity index (χ3v) is 2.45. The Morgan fingerprint density at radius 1 is 1.67 bits per heavy atom. The molecule has 1 heterocycles. The van der Waals surface area contributed by atoms with Crippen molar-refractivity contribution in [2.24, 2.45) is 0 Å². The molecule has 1 aliphatic heterocycles. The minimum absolute atomic E-state index is 0.0844. The summed E-state index contributed by atoms with van der Waals surface area (Å²) in [6.45, 7) is 6.65. The maximum Gasteiger partial charge on any atom is 0.234 e. The van der Waals surface area contributed by atoms with E-state index in [0.717, 1.165) is 19.6 Å². The van der Waals surface area contributed by atoms with Crippen molar-refractivity contribution >= 4 is 5.91 Å². The first-order valence-electron chi connectivity index (χ1n) is 5.43. The van der Waals surface area contributed by atoms with Crippen molar-refractivity contribution in [3.8, 4) is 0 Å². The summed E-state index contributed by atoms with van der Waals surface area (Å²) in [6.07, 6.45) is 0. The van der Waals surface area contributed by atoms with E-state index in [1.807, 2.05) is 0 Å². The quantitative estimate of drug-likeness (QED) is 0.580. The second-order valence-corrected chi connectivity index (χ2v) is 3.93. The minimum Gasteiger partial charge on any atom is -0.383 e. The molecular formula is C10H21N3O2. The number of carbonyl (C=O) groups excluding carboxylic acids is 1. The molecule has 1 atom stereocenters. The maximum atomic E-state index is 11.5. The third-order valence-electron chi connectivity index (χ3n) is 2.45. The van der Waals surface area contributed by atoms with Gasteiger partial charge in [0.15, 0.2) is 0 Å². The minimum atomic E-state index is 0.0844. The highest BCUT2D eigenvalue weighted by atomic mass is 16.5. The lowest BCUT2D eigenvalue weighted by atomic mass is 10.2. The molecule has 1 amide bonds. The van der Waals surface area contributed by atoms with Crippen LogP contribution < -0.4 is 10.6 Å². The van der Waals surface area contributed by atoms with Crippen molar-refractivity contribution in [1.82, 2.24) is 15.5 Å². The Morgan fingerprint density at radius 3 is 3.13 bits per heavy atom. The summed E-state index contributed by atoms with van der Waals surface area (Å²) in [5.41, 5.74) is 0. The van der Waals surface area contributed by atoms with Crippen molar-refractivity contribution < 1.29 is 9.53 Å². The van der Waals surface area contributed by atoms with Gasteiger partial charge in [-0.25, -0.2) is 0 Å². The van der Waals surface area contributed by atoms with Crippen molar-refractivity contribution in [2.45, 2.75) is 13.0 Å². The molecule has 1 fully saturated rings. The Morgan fingerprint density at radius 2 is 2.47 bits per heavy atom. The lowest BCUT2D eigenvalue weighted by Gasteiger charge is -2.31. The van der Waals surface area contributed by atoms with Crippen LogP contribution in [-0.4, -0.2) is 63.3 Å². The molecule has 0 aromatic rings. The Hall–Kier alpha value is -0.650. The van der Waals surface area contributed by atoms with E-state index in [4.69, 9.17) is 4.74 Å². The Balaban J connectivity index is 2.13. The molecule has 1 aliphatic rings. The molecule has 15 heavy (non-hydrogen) atoms. The zero-order chi connectivity index (χ0) is 11.1. The Bertz CT molecular complexity index is 199. The molecule has 88 valence electrons. The highest BCUT2D eigenvalue weighted by molar-refractivity contribution is 5.78. The highest BCUT2D eigenvalue weighted by Gasteiger charge is 2.17. The van der Waals surface area contributed by atoms with Crippen LogP contribution in [0.2, 0.25) is 0 Å². The molecule has 0 radical (unpaired) electrons. The second-order valence-electron chi connectivity index (χ2n) is 3.93. The topological polar surface area (TPSA) is 53.6 Å². The predicted molar refractivity (Wildman–Crippen MR) is 58.8 cm³/mol. The van der Waals surface area contributed by atoms with Gasteiger partial charge < -0.3 is 15.4 Å². The van der Waals surface area contributed by atoms with Crippen LogP contribution in [0.25, 0.3) is 0 Å². The summed E-state index contributed by atoms with van der Waals surface area (Å²) in [5.74, 6) is 0.0844. The zero-order valence-electron chi connectivity index (χ0n) is 9.58. The number of nitrogens with zero attached hydrogens (tertiary/aromatic N) is 1. The smallest absolute Gasteiger partial charge is 0.234 e. The van der Waals surface area contributed by atoms with Gasteiger partial charge in [-0.3, -0.25) is 9.69 Å². The molecule has 5 heteroatoms. The summed E-state index contributed by atoms with van der Waals surface area (Å²) in [4.78, 5) is 13.6. The van der Waals surface area contributed by atoms with E-state index in [2.05, 4.69) is 22.5 Å². The van der Waals surface area contributed by atoms with Crippen molar-refractivity contribution in [2.75, 3.05) is 46.4 Å². The van der Waals surface area contributed by atoms with E-state index >= 15 is 0 Å². The molecule has 5 nitrogen and oxygen atoms in total. The van der Waals surface area contributed by atoms with Gasteiger partial charge in [-0.05, 0) is 6.92 Å². The number of carbonyl (C=O) groups is 1. The van der Waals surface area contributed by atoms with Crippen LogP contribution in [0, 0.1) is 0 Å². The standard InChI is InChI=1S/C10H21N3O2/c1-9-7-13(5-3-11-9)8-10(14)12-4-6-15-2/h9,11H,3-8H2,1-2H3,(H,12,14)/t9-/m1/s1. The molecule has 0 aromatic carbocycles. The average Bonchev–Trinajstić information content (AvgIpc) is 2.18. The van der Waals surface area contributed by atoms with Crippen molar-refractivity contribution in [3.05, 3.63) is 0 Å². The summed E-state index contributed by atoms with van der Waals surface area (Å²) in [7, 11) is 1.63. The first-order chi connectivity index (χ1) is 7.22. The molecular weight excluding hydrogens is 194 g/mol. The fourth-order valence-corrected chi connectivity index (χ4v) is 1.71. The second kappa shape index (κ2) is 6.76. The number of amides is 1. The summed E-state index contributed by atoms with van der Waals surface area (Å²) >= 11 is 0. The van der Waals surface area contributed by atoms with Crippen molar-refractivity contribution in [1.29, 1.82) is 0 Å². The highest BCUT2D eigenvalue weighted by Crippen LogP contribution is 1.97. The summed E-state index contributed by atoms with van der Waals surface area (Å²) in [5, 5.41) is 6.16. The number of methoxy groups -OCH3 is 1. The molecule has 1 rings (SSSR count). The Kier molecular flexibility index (Phi) is 5.60. The van der Waals surface area contributed by atoms with Gasteiger partial charge in [0.1, 0.15) is 0 Å². The molecule has 0 aliphatic carbocycles. The van der Waals surface area contributed by atoms with Crippen LogP contribution in [0.3, 0.4) is 0 Å². The predicted octanol–water partition coefficient (Wildman–Crippen LogP) is -0.957. The van der Waals surface area contributed by atoms with Gasteiger partial charge in [0.05, 0.1) is 13.2 Å². The molecule has 0 bridgehead atoms. The van der Waals surface area contributed by atoms with E-state index in [-0.39, 0.29) is 5.91 Å². The lowest BCUT2D eigenvalue weighted by Crippen LogP contribution is -2.52. The number of nitrogens with one attached hydrogen (secondary N) is 2. The van der Waals surface area contributed by atoms with Gasteiger partial charge in [0.25, 0.3) is 0 Å². The fraction of sp³-hybridized carbons (Fsp3) is 0.900. The van der Waals surface area contributed by atoms with Crippen LogP contribution >= 0.6 is 0 Å². The monoisotopic (exact) mass is 215 g/mol. The number of rotatable bonds is 5. The van der Waals surface area contributed by atoms with Crippen molar-refractivity contribution in [3.63, 3.8) is 0 Å². The van der Waals surface area contributed by atoms with Crippen LogP contribution in [0.1, 0.15) is 6.92 Å². The fourth-order valence-electron chi connectivity index (χ4n) is 1.71. The first kappa shape index (κ1) is 12.4. The van der Waals surface area contributed by atoms with E-state index in [1.54, 1.807) is 7.11 Å². The van der Waals surface area contributed by atoms with Crippen LogP contribution in [-0.2, 0) is 9.53 Å². The number of piperazine rings is 1. The third kappa shape index (κ3) is 5.11. The van der Waals surface area contributed by atoms with Crippen LogP contribution in [0.4, 0.5) is 0 Å². The van der Waals surface area contributed by atoms with E-state index in [9.17, 15) is 4.79 Å². The maximum absolute atomic E-state index is 11.5. The van der Waals surface area contributed by atoms with E-state index < -0.39 is 0 Å². The number of hydrogen-bond donors (Lipinski definition) is 2. The Labute approximate surface area is 91.2 Å². The van der Waals surface area contributed by atoms with Gasteiger partial charge in [-0.2, -0.15) is 0 Å². The van der Waals surface area contributed by atoms with Gasteiger partial charge in [-0.1, -0.05) is 0 Å². The number of ether oxygens (including phenoxy) is 1. The van der Waals surface area contributed by atoms with E-state index in [0.29, 0.717) is 25.7 Å². The normalized spacial score (nSPS) is 22.7. The molecule has 0 spiro atoms. The van der Waals surface area contributed by atoms with Gasteiger partial charge in [0.2, 0.25) is 5.91 Å². The van der Waals surface area contributed by atoms with Gasteiger partial charge >= 0.3 is 0 Å². The zero-order valence-corrected chi connectivity index (χ0v) is 9.58. The van der Waals surface area contributed by atoms with Crippen LogP contribution in [0.5, 0.6) is 0 Å². The molecule has 0 saturated carbocycles. The van der Waals surface area contributed by atoms with Gasteiger partial charge in [0, 0.05) is 39.3 Å².